The number of ether oxygens (including phenoxy) is 2. The molecule has 1 aromatic rings. The van der Waals surface area contributed by atoms with Gasteiger partial charge in [0.05, 0.1) is 6.07 Å². The fourth-order valence-electron chi connectivity index (χ4n) is 1.89. The van der Waals surface area contributed by atoms with Gasteiger partial charge in [0.25, 0.3) is 0 Å². The van der Waals surface area contributed by atoms with E-state index < -0.39 is 0 Å². The molecule has 2 rings (SSSR count). The minimum Gasteiger partial charge on any atom is -0.486 e. The van der Waals surface area contributed by atoms with Crippen LogP contribution in [0.25, 0.3) is 0 Å². The van der Waals surface area contributed by atoms with E-state index in [1.165, 1.54) is 0 Å². The largest absolute Gasteiger partial charge is 0.486 e. The van der Waals surface area contributed by atoms with Gasteiger partial charge in [-0.05, 0) is 24.0 Å². The van der Waals surface area contributed by atoms with E-state index in [1.54, 1.807) is 6.07 Å². The molecule has 1 aliphatic rings. The first-order valence-corrected chi connectivity index (χ1v) is 6.06. The van der Waals surface area contributed by atoms with E-state index in [-0.39, 0.29) is 5.92 Å². The number of halogens is 1. The monoisotopic (exact) mass is 251 g/mol. The Labute approximate surface area is 106 Å². The maximum Gasteiger partial charge on any atom is 0.162 e. The fourth-order valence-corrected chi connectivity index (χ4v) is 2.23. The smallest absolute Gasteiger partial charge is 0.162 e. The van der Waals surface area contributed by atoms with E-state index in [1.807, 2.05) is 6.07 Å². The second-order valence-electron chi connectivity index (χ2n) is 4.12. The number of rotatable bonds is 3. The molecule has 0 aromatic heterocycles. The van der Waals surface area contributed by atoms with Crippen LogP contribution in [0.3, 0.4) is 0 Å². The Hall–Kier alpha value is -1.40. The first-order chi connectivity index (χ1) is 8.22. The van der Waals surface area contributed by atoms with E-state index in [2.05, 4.69) is 13.0 Å². The number of benzene rings is 1. The Bertz CT molecular complexity index is 453. The number of nitriles is 1. The third kappa shape index (κ3) is 2.65. The van der Waals surface area contributed by atoms with Gasteiger partial charge in [0, 0.05) is 17.5 Å². The predicted octanol–water partition coefficient (Wildman–Crippen LogP) is 3.52. The summed E-state index contributed by atoms with van der Waals surface area (Å²) in [7, 11) is 0. The maximum absolute atomic E-state index is 8.60. The Morgan fingerprint density at radius 2 is 2.00 bits per heavy atom. The van der Waals surface area contributed by atoms with Gasteiger partial charge >= 0.3 is 0 Å². The Morgan fingerprint density at radius 1 is 1.35 bits per heavy atom. The van der Waals surface area contributed by atoms with Crippen LogP contribution in [0.5, 0.6) is 11.5 Å². The van der Waals surface area contributed by atoms with Crippen LogP contribution in [0.2, 0.25) is 5.02 Å². The number of hydrogen-bond acceptors (Lipinski definition) is 3. The van der Waals surface area contributed by atoms with Crippen molar-refractivity contribution < 1.29 is 9.47 Å². The van der Waals surface area contributed by atoms with E-state index in [0.29, 0.717) is 30.4 Å². The number of nitrogens with zero attached hydrogens (tertiary/aromatic N) is 1. The molecule has 0 fully saturated rings. The molecular weight excluding hydrogens is 238 g/mol. The van der Waals surface area contributed by atoms with Crippen molar-refractivity contribution in [1.82, 2.24) is 0 Å². The van der Waals surface area contributed by atoms with Crippen LogP contribution in [-0.4, -0.2) is 13.2 Å². The standard InChI is InChI=1S/C13H14ClNO2/c1-9(3-2-4-15)10-7-12-13(8-11(10)14)17-6-5-16-12/h7-9H,2-3,5-6H2,1H3. The second-order valence-corrected chi connectivity index (χ2v) is 4.52. The van der Waals surface area contributed by atoms with Crippen molar-refractivity contribution in [2.75, 3.05) is 13.2 Å². The first kappa shape index (κ1) is 12.1. The molecule has 1 heterocycles. The lowest BCUT2D eigenvalue weighted by atomic mass is 9.96. The maximum atomic E-state index is 8.60. The molecule has 1 unspecified atom stereocenters. The highest BCUT2D eigenvalue weighted by molar-refractivity contribution is 6.31. The summed E-state index contributed by atoms with van der Waals surface area (Å²) in [5.41, 5.74) is 1.02. The van der Waals surface area contributed by atoms with Gasteiger partial charge in [-0.25, -0.2) is 0 Å². The zero-order chi connectivity index (χ0) is 12.3. The van der Waals surface area contributed by atoms with Crippen LogP contribution in [0, 0.1) is 11.3 Å². The third-order valence-electron chi connectivity index (χ3n) is 2.88. The number of fused-ring (bicyclic) bond motifs is 1. The normalized spacial score (nSPS) is 15.1. The summed E-state index contributed by atoms with van der Waals surface area (Å²) in [5.74, 6) is 1.70. The van der Waals surface area contributed by atoms with Crippen molar-refractivity contribution >= 4 is 11.6 Å². The molecule has 0 bridgehead atoms. The minimum absolute atomic E-state index is 0.248. The molecule has 0 amide bonds. The molecule has 4 heteroatoms. The molecular formula is C13H14ClNO2. The quantitative estimate of drug-likeness (QED) is 0.825. The Balaban J connectivity index is 2.25. The lowest BCUT2D eigenvalue weighted by Gasteiger charge is -2.21. The average molecular weight is 252 g/mol. The highest BCUT2D eigenvalue weighted by atomic mass is 35.5. The van der Waals surface area contributed by atoms with Gasteiger partial charge in [-0.3, -0.25) is 0 Å². The topological polar surface area (TPSA) is 42.2 Å². The van der Waals surface area contributed by atoms with Crippen LogP contribution in [0.1, 0.15) is 31.2 Å². The van der Waals surface area contributed by atoms with Crippen LogP contribution in [0.15, 0.2) is 12.1 Å². The van der Waals surface area contributed by atoms with Crippen molar-refractivity contribution in [3.63, 3.8) is 0 Å². The highest BCUT2D eigenvalue weighted by Crippen LogP contribution is 2.39. The molecule has 90 valence electrons. The van der Waals surface area contributed by atoms with Gasteiger partial charge in [-0.15, -0.1) is 0 Å². The van der Waals surface area contributed by atoms with Gasteiger partial charge in [0.2, 0.25) is 0 Å². The molecule has 1 aliphatic heterocycles. The summed E-state index contributed by atoms with van der Waals surface area (Å²) in [6, 6.07) is 5.88. The SMILES string of the molecule is CC(CCC#N)c1cc2c(cc1Cl)OCCO2. The lowest BCUT2D eigenvalue weighted by Crippen LogP contribution is -2.15. The molecule has 0 saturated heterocycles. The summed E-state index contributed by atoms with van der Waals surface area (Å²) in [6.07, 6.45) is 1.34. The Morgan fingerprint density at radius 3 is 2.65 bits per heavy atom. The molecule has 1 atom stereocenters. The summed E-state index contributed by atoms with van der Waals surface area (Å²) in [4.78, 5) is 0. The predicted molar refractivity (Wildman–Crippen MR) is 65.7 cm³/mol. The van der Waals surface area contributed by atoms with Gasteiger partial charge in [-0.2, -0.15) is 5.26 Å². The average Bonchev–Trinajstić information content (AvgIpc) is 2.35. The van der Waals surface area contributed by atoms with Crippen molar-refractivity contribution in [2.45, 2.75) is 25.7 Å². The van der Waals surface area contributed by atoms with Crippen LogP contribution in [-0.2, 0) is 0 Å². The van der Waals surface area contributed by atoms with Gasteiger partial charge in [-0.1, -0.05) is 18.5 Å². The van der Waals surface area contributed by atoms with Crippen molar-refractivity contribution in [3.8, 4) is 17.6 Å². The molecule has 0 saturated carbocycles. The van der Waals surface area contributed by atoms with Gasteiger partial charge < -0.3 is 9.47 Å². The second kappa shape index (κ2) is 5.29. The van der Waals surface area contributed by atoms with E-state index in [4.69, 9.17) is 26.3 Å². The molecule has 3 nitrogen and oxygen atoms in total. The lowest BCUT2D eigenvalue weighted by molar-refractivity contribution is 0.171. The first-order valence-electron chi connectivity index (χ1n) is 5.68. The summed E-state index contributed by atoms with van der Waals surface area (Å²) >= 11 is 6.22. The Kier molecular flexibility index (Phi) is 3.75. The molecule has 0 radical (unpaired) electrons. The van der Waals surface area contributed by atoms with Gasteiger partial charge in [0.15, 0.2) is 11.5 Å². The zero-order valence-corrected chi connectivity index (χ0v) is 10.5. The molecule has 0 spiro atoms. The molecule has 1 aromatic carbocycles. The van der Waals surface area contributed by atoms with E-state index in [9.17, 15) is 0 Å². The van der Waals surface area contributed by atoms with E-state index >= 15 is 0 Å². The third-order valence-corrected chi connectivity index (χ3v) is 3.21. The summed E-state index contributed by atoms with van der Waals surface area (Å²) in [6.45, 7) is 3.20. The van der Waals surface area contributed by atoms with Crippen molar-refractivity contribution in [1.29, 1.82) is 5.26 Å². The fraction of sp³-hybridized carbons (Fsp3) is 0.462. The van der Waals surface area contributed by atoms with Crippen molar-refractivity contribution in [2.24, 2.45) is 0 Å². The number of hydrogen-bond donors (Lipinski definition) is 0. The van der Waals surface area contributed by atoms with Gasteiger partial charge in [0.1, 0.15) is 13.2 Å². The molecule has 0 N–H and O–H groups in total. The summed E-state index contributed by atoms with van der Waals surface area (Å²) in [5, 5.41) is 9.28. The molecule has 17 heavy (non-hydrogen) atoms. The van der Waals surface area contributed by atoms with Crippen molar-refractivity contribution in [3.05, 3.63) is 22.7 Å². The van der Waals surface area contributed by atoms with E-state index in [0.717, 1.165) is 17.7 Å². The zero-order valence-electron chi connectivity index (χ0n) is 9.70. The highest BCUT2D eigenvalue weighted by Gasteiger charge is 2.17. The minimum atomic E-state index is 0.248. The van der Waals surface area contributed by atoms with Crippen LogP contribution in [0.4, 0.5) is 0 Å². The van der Waals surface area contributed by atoms with Crippen LogP contribution >= 0.6 is 11.6 Å². The molecule has 0 aliphatic carbocycles. The van der Waals surface area contributed by atoms with Crippen LogP contribution < -0.4 is 9.47 Å². The summed E-state index contributed by atoms with van der Waals surface area (Å²) < 4.78 is 11.0.